The predicted octanol–water partition coefficient (Wildman–Crippen LogP) is 1.26. The number of esters is 1. The molecule has 0 fully saturated rings. The van der Waals surface area contributed by atoms with Gasteiger partial charge in [0.15, 0.2) is 0 Å². The van der Waals surface area contributed by atoms with Crippen LogP contribution >= 0.6 is 11.3 Å². The molecule has 0 aliphatic carbocycles. The number of carbonyl (C=O) groups excluding carboxylic acids is 1. The third-order valence-electron chi connectivity index (χ3n) is 1.93. The topological polar surface area (TPSA) is 71.2 Å². The molecule has 17 heavy (non-hydrogen) atoms. The number of hydrogen-bond acceptors (Lipinski definition) is 5. The van der Waals surface area contributed by atoms with E-state index in [4.69, 9.17) is 4.74 Å². The van der Waals surface area contributed by atoms with Crippen LogP contribution in [0, 0.1) is 0 Å². The third kappa shape index (κ3) is 5.14. The highest BCUT2D eigenvalue weighted by molar-refractivity contribution is 7.07. The van der Waals surface area contributed by atoms with E-state index in [2.05, 4.69) is 10.3 Å². The Kier molecular flexibility index (Phi) is 4.47. The van der Waals surface area contributed by atoms with Gasteiger partial charge in [-0.2, -0.15) is 0 Å². The smallest absolute Gasteiger partial charge is 0.323 e. The van der Waals surface area contributed by atoms with E-state index in [1.807, 2.05) is 20.8 Å². The van der Waals surface area contributed by atoms with E-state index in [1.165, 1.54) is 0 Å². The summed E-state index contributed by atoms with van der Waals surface area (Å²) in [5.74, 6) is -0.296. The van der Waals surface area contributed by atoms with Crippen LogP contribution in [0.4, 0.5) is 0 Å². The molecule has 1 rings (SSSR count). The molecular weight excluding hydrogens is 240 g/mol. The summed E-state index contributed by atoms with van der Waals surface area (Å²) in [6, 6.07) is -0.405. The van der Waals surface area contributed by atoms with Crippen molar-refractivity contribution in [1.29, 1.82) is 0 Å². The lowest BCUT2D eigenvalue weighted by Gasteiger charge is -2.22. The Balaban J connectivity index is 2.42. The van der Waals surface area contributed by atoms with Crippen molar-refractivity contribution in [1.82, 2.24) is 10.3 Å². The average Bonchev–Trinajstić information content (AvgIpc) is 2.58. The van der Waals surface area contributed by atoms with Crippen LogP contribution in [-0.4, -0.2) is 22.6 Å². The van der Waals surface area contributed by atoms with Crippen molar-refractivity contribution in [3.63, 3.8) is 0 Å². The van der Waals surface area contributed by atoms with Gasteiger partial charge >= 0.3 is 10.8 Å². The fourth-order valence-corrected chi connectivity index (χ4v) is 1.72. The Labute approximate surface area is 104 Å². The van der Waals surface area contributed by atoms with Gasteiger partial charge in [0.2, 0.25) is 0 Å². The van der Waals surface area contributed by atoms with Gasteiger partial charge < -0.3 is 9.72 Å². The van der Waals surface area contributed by atoms with Crippen molar-refractivity contribution < 1.29 is 9.53 Å². The molecule has 1 aromatic rings. The minimum absolute atomic E-state index is 0.0910. The Morgan fingerprint density at radius 3 is 2.71 bits per heavy atom. The van der Waals surface area contributed by atoms with E-state index in [0.717, 1.165) is 17.0 Å². The van der Waals surface area contributed by atoms with Crippen LogP contribution in [0.2, 0.25) is 0 Å². The van der Waals surface area contributed by atoms with Gasteiger partial charge in [-0.25, -0.2) is 0 Å². The zero-order chi connectivity index (χ0) is 13.1. The molecule has 0 bridgehead atoms. The number of ether oxygens (including phenoxy) is 1. The van der Waals surface area contributed by atoms with Gasteiger partial charge in [-0.3, -0.25) is 14.9 Å². The van der Waals surface area contributed by atoms with Gasteiger partial charge in [0.25, 0.3) is 0 Å². The van der Waals surface area contributed by atoms with Crippen molar-refractivity contribution in [3.05, 3.63) is 20.7 Å². The summed E-state index contributed by atoms with van der Waals surface area (Å²) < 4.78 is 5.22. The fraction of sp³-hybridized carbons (Fsp3) is 0.636. The summed E-state index contributed by atoms with van der Waals surface area (Å²) >= 11 is 1.11. The average molecular weight is 258 g/mol. The van der Waals surface area contributed by atoms with E-state index in [-0.39, 0.29) is 10.8 Å². The quantitative estimate of drug-likeness (QED) is 0.798. The first kappa shape index (κ1) is 13.9. The lowest BCUT2D eigenvalue weighted by atomic mass is 10.2. The Hall–Kier alpha value is -1.14. The molecule has 1 aromatic heterocycles. The van der Waals surface area contributed by atoms with Crippen LogP contribution in [0.25, 0.3) is 0 Å². The predicted molar refractivity (Wildman–Crippen MR) is 67.1 cm³/mol. The molecule has 0 radical (unpaired) electrons. The van der Waals surface area contributed by atoms with Crippen LogP contribution in [-0.2, 0) is 16.1 Å². The minimum Gasteiger partial charge on any atom is -0.459 e. The zero-order valence-electron chi connectivity index (χ0n) is 10.5. The molecule has 0 spiro atoms. The number of H-pyrrole nitrogens is 1. The minimum atomic E-state index is -0.482. The lowest BCUT2D eigenvalue weighted by Crippen LogP contribution is -2.38. The summed E-state index contributed by atoms with van der Waals surface area (Å²) in [7, 11) is 0. The lowest BCUT2D eigenvalue weighted by molar-refractivity contribution is -0.157. The molecule has 5 nitrogen and oxygen atoms in total. The second-order valence-electron chi connectivity index (χ2n) is 4.81. The van der Waals surface area contributed by atoms with Crippen LogP contribution in [0.1, 0.15) is 33.4 Å². The maximum atomic E-state index is 11.6. The number of rotatable bonds is 4. The summed E-state index contributed by atoms with van der Waals surface area (Å²) in [4.78, 5) is 25.1. The Bertz CT molecular complexity index is 430. The van der Waals surface area contributed by atoms with Crippen molar-refractivity contribution in [2.24, 2.45) is 0 Å². The standard InChI is InChI=1S/C11H18N2O3S/c1-7(9(14)16-11(2,3)4)12-5-8-6-17-10(15)13-8/h6-7,12H,5H2,1-4H3,(H,13,15). The molecule has 0 saturated carbocycles. The van der Waals surface area contributed by atoms with E-state index < -0.39 is 11.6 Å². The molecule has 96 valence electrons. The number of hydrogen-bond donors (Lipinski definition) is 2. The van der Waals surface area contributed by atoms with Crippen LogP contribution in [0.5, 0.6) is 0 Å². The summed E-state index contributed by atoms with van der Waals surface area (Å²) in [5.41, 5.74) is 0.291. The number of carbonyl (C=O) groups is 1. The molecule has 1 atom stereocenters. The highest BCUT2D eigenvalue weighted by atomic mass is 32.1. The molecule has 0 aliphatic heterocycles. The third-order valence-corrected chi connectivity index (χ3v) is 2.65. The second-order valence-corrected chi connectivity index (χ2v) is 5.65. The SMILES string of the molecule is CC(NCc1csc(=O)[nH]1)C(=O)OC(C)(C)C. The van der Waals surface area contributed by atoms with Gasteiger partial charge in [-0.15, -0.1) is 0 Å². The van der Waals surface area contributed by atoms with E-state index in [1.54, 1.807) is 12.3 Å². The van der Waals surface area contributed by atoms with Gasteiger partial charge in [0.05, 0.1) is 0 Å². The van der Waals surface area contributed by atoms with Gasteiger partial charge in [-0.1, -0.05) is 11.3 Å². The van der Waals surface area contributed by atoms with Crippen molar-refractivity contribution in [2.45, 2.75) is 45.9 Å². The number of aromatic nitrogens is 1. The number of thiazole rings is 1. The van der Waals surface area contributed by atoms with Crippen LogP contribution < -0.4 is 10.2 Å². The summed E-state index contributed by atoms with van der Waals surface area (Å²) in [6.45, 7) is 7.66. The monoisotopic (exact) mass is 258 g/mol. The molecule has 2 N–H and O–H groups in total. The first-order valence-corrected chi connectivity index (χ1v) is 6.29. The highest BCUT2D eigenvalue weighted by Gasteiger charge is 2.21. The molecule has 0 aliphatic rings. The number of aromatic amines is 1. The van der Waals surface area contributed by atoms with Crippen molar-refractivity contribution in [3.8, 4) is 0 Å². The molecule has 1 unspecified atom stereocenters. The largest absolute Gasteiger partial charge is 0.459 e. The summed E-state index contributed by atoms with van der Waals surface area (Å²) in [5, 5.41) is 4.73. The molecule has 1 heterocycles. The molecule has 0 saturated heterocycles. The zero-order valence-corrected chi connectivity index (χ0v) is 11.3. The molecular formula is C11H18N2O3S. The van der Waals surface area contributed by atoms with Crippen molar-refractivity contribution >= 4 is 17.3 Å². The normalized spacial score (nSPS) is 13.4. The second kappa shape index (κ2) is 5.46. The van der Waals surface area contributed by atoms with Crippen LogP contribution in [0.3, 0.4) is 0 Å². The van der Waals surface area contributed by atoms with Crippen molar-refractivity contribution in [2.75, 3.05) is 0 Å². The Morgan fingerprint density at radius 1 is 1.59 bits per heavy atom. The van der Waals surface area contributed by atoms with Gasteiger partial charge in [-0.05, 0) is 27.7 Å². The highest BCUT2D eigenvalue weighted by Crippen LogP contribution is 2.08. The van der Waals surface area contributed by atoms with Gasteiger partial charge in [0, 0.05) is 17.6 Å². The fourth-order valence-electron chi connectivity index (χ4n) is 1.14. The maximum Gasteiger partial charge on any atom is 0.323 e. The van der Waals surface area contributed by atoms with E-state index >= 15 is 0 Å². The first-order valence-electron chi connectivity index (χ1n) is 5.41. The van der Waals surface area contributed by atoms with Crippen LogP contribution in [0.15, 0.2) is 10.2 Å². The van der Waals surface area contributed by atoms with E-state index in [9.17, 15) is 9.59 Å². The first-order chi connectivity index (χ1) is 7.78. The summed E-state index contributed by atoms with van der Waals surface area (Å²) in [6.07, 6.45) is 0. The molecule has 6 heteroatoms. The van der Waals surface area contributed by atoms with E-state index in [0.29, 0.717) is 6.54 Å². The molecule has 0 aromatic carbocycles. The maximum absolute atomic E-state index is 11.6. The molecule has 0 amide bonds. The Morgan fingerprint density at radius 2 is 2.24 bits per heavy atom. The van der Waals surface area contributed by atoms with Gasteiger partial charge in [0.1, 0.15) is 11.6 Å². The number of nitrogens with one attached hydrogen (secondary N) is 2.